The van der Waals surface area contributed by atoms with Crippen molar-refractivity contribution in [3.05, 3.63) is 55.1 Å². The Kier molecular flexibility index (Phi) is 8.64. The van der Waals surface area contributed by atoms with Gasteiger partial charge in [-0.25, -0.2) is 0 Å². The van der Waals surface area contributed by atoms with Gasteiger partial charge in [0.2, 0.25) is 11.8 Å². The number of piperazine rings is 1. The summed E-state index contributed by atoms with van der Waals surface area (Å²) in [6.45, 7) is 16.9. The number of hydrogen-bond acceptors (Lipinski definition) is 3. The highest BCUT2D eigenvalue weighted by atomic mass is 16.2. The van der Waals surface area contributed by atoms with Gasteiger partial charge < -0.3 is 10.2 Å². The minimum absolute atomic E-state index is 0. The van der Waals surface area contributed by atoms with Crippen molar-refractivity contribution in [1.29, 1.82) is 0 Å². The molecule has 0 aromatic heterocycles. The summed E-state index contributed by atoms with van der Waals surface area (Å²) < 4.78 is 0. The van der Waals surface area contributed by atoms with Crippen LogP contribution in [0.25, 0.3) is 0 Å². The molecule has 5 heteroatoms. The van der Waals surface area contributed by atoms with Gasteiger partial charge >= 0.3 is 0 Å². The fourth-order valence-electron chi connectivity index (χ4n) is 2.42. The first-order valence-corrected chi connectivity index (χ1v) is 8.52. The number of anilines is 1. The van der Waals surface area contributed by atoms with Gasteiger partial charge in [0.1, 0.15) is 0 Å². The fourth-order valence-corrected chi connectivity index (χ4v) is 2.42. The third-order valence-corrected chi connectivity index (χ3v) is 4.04. The summed E-state index contributed by atoms with van der Waals surface area (Å²) in [5.74, 6) is -0.123. The van der Waals surface area contributed by atoms with E-state index in [1.807, 2.05) is 36.1 Å². The maximum absolute atomic E-state index is 11.2. The number of hydrogen-bond donors (Lipinski definition) is 1. The first-order chi connectivity index (χ1) is 11.9. The predicted octanol–water partition coefficient (Wildman–Crippen LogP) is 3.09. The van der Waals surface area contributed by atoms with Crippen LogP contribution in [0, 0.1) is 6.92 Å². The highest BCUT2D eigenvalue weighted by Crippen LogP contribution is 2.08. The van der Waals surface area contributed by atoms with Crippen molar-refractivity contribution >= 4 is 17.5 Å². The Hall–Kier alpha value is -2.40. The van der Waals surface area contributed by atoms with Crippen molar-refractivity contribution in [2.24, 2.45) is 0 Å². The summed E-state index contributed by atoms with van der Waals surface area (Å²) in [4.78, 5) is 26.3. The normalized spacial score (nSPS) is 14.3. The highest BCUT2D eigenvalue weighted by Gasteiger charge is 2.20. The van der Waals surface area contributed by atoms with Crippen molar-refractivity contribution in [1.82, 2.24) is 9.80 Å². The smallest absolute Gasteiger partial charge is 0.247 e. The molecule has 1 fully saturated rings. The van der Waals surface area contributed by atoms with Crippen LogP contribution in [0.5, 0.6) is 0 Å². The van der Waals surface area contributed by atoms with E-state index < -0.39 is 0 Å². The molecule has 0 spiro atoms. The van der Waals surface area contributed by atoms with Gasteiger partial charge in [-0.05, 0) is 45.1 Å². The molecule has 2 amide bonds. The molecule has 0 aliphatic carbocycles. The molecule has 0 radical (unpaired) electrons. The van der Waals surface area contributed by atoms with Crippen molar-refractivity contribution in [2.45, 2.75) is 26.8 Å². The lowest BCUT2D eigenvalue weighted by molar-refractivity contribution is -0.128. The van der Waals surface area contributed by atoms with Crippen LogP contribution < -0.4 is 5.32 Å². The first-order valence-electron chi connectivity index (χ1n) is 8.52. The van der Waals surface area contributed by atoms with Gasteiger partial charge in [0.05, 0.1) is 0 Å². The predicted molar refractivity (Wildman–Crippen MR) is 106 cm³/mol. The summed E-state index contributed by atoms with van der Waals surface area (Å²) in [5.41, 5.74) is 1.97. The summed E-state index contributed by atoms with van der Waals surface area (Å²) in [7, 11) is 0. The Labute approximate surface area is 152 Å². The molecule has 5 nitrogen and oxygen atoms in total. The van der Waals surface area contributed by atoms with E-state index in [1.165, 1.54) is 17.7 Å². The number of nitrogens with zero attached hydrogens (tertiary/aromatic N) is 2. The van der Waals surface area contributed by atoms with Crippen LogP contribution in [-0.4, -0.2) is 53.8 Å². The van der Waals surface area contributed by atoms with Crippen LogP contribution in [0.3, 0.4) is 0 Å². The number of aryl methyl sites for hydroxylation is 1. The number of amides is 2. The topological polar surface area (TPSA) is 52.7 Å². The van der Waals surface area contributed by atoms with Gasteiger partial charge in [-0.1, -0.05) is 30.9 Å². The third kappa shape index (κ3) is 7.35. The van der Waals surface area contributed by atoms with E-state index in [1.54, 1.807) is 0 Å². The number of carbonyl (C=O) groups excluding carboxylic acids is 2. The molecule has 1 heterocycles. The SMILES string of the molecule is C=CC(=O)N1CCN(C(C)C)CC1.C=CC(=O)Nc1ccc(C)cc1.[HH]. The average molecular weight is 345 g/mol. The van der Waals surface area contributed by atoms with Crippen LogP contribution in [0.15, 0.2) is 49.6 Å². The quantitative estimate of drug-likeness (QED) is 0.853. The molecular weight excluding hydrogens is 314 g/mol. The first kappa shape index (κ1) is 20.6. The van der Waals surface area contributed by atoms with Gasteiger partial charge in [-0.2, -0.15) is 0 Å². The van der Waals surface area contributed by atoms with E-state index >= 15 is 0 Å². The standard InChI is InChI=1S/C10H18N2O.C10H11NO.H2/c1-4-10(13)12-7-5-11(6-8-12)9(2)3;1-3-10(12)11-9-6-4-8(2)5-7-9;/h4,9H,1,5-8H2,2-3H3;3-7H,1H2,2H3,(H,11,12);1H. The Bertz CT molecular complexity index is 592. The van der Waals surface area contributed by atoms with Gasteiger partial charge in [0.15, 0.2) is 0 Å². The number of rotatable bonds is 4. The molecule has 0 bridgehead atoms. The molecular formula is C20H31N3O2. The van der Waals surface area contributed by atoms with Gasteiger partial charge in [0, 0.05) is 39.3 Å². The largest absolute Gasteiger partial charge is 0.337 e. The molecule has 1 aromatic carbocycles. The van der Waals surface area contributed by atoms with Crippen molar-refractivity contribution < 1.29 is 11.0 Å². The maximum atomic E-state index is 11.2. The van der Waals surface area contributed by atoms with Crippen molar-refractivity contribution in [3.8, 4) is 0 Å². The molecule has 1 saturated heterocycles. The molecule has 25 heavy (non-hydrogen) atoms. The lowest BCUT2D eigenvalue weighted by atomic mass is 10.2. The molecule has 0 saturated carbocycles. The Morgan fingerprint density at radius 2 is 1.64 bits per heavy atom. The van der Waals surface area contributed by atoms with Crippen LogP contribution in [0.4, 0.5) is 5.69 Å². The monoisotopic (exact) mass is 345 g/mol. The zero-order chi connectivity index (χ0) is 18.8. The lowest BCUT2D eigenvalue weighted by Gasteiger charge is -2.36. The van der Waals surface area contributed by atoms with Crippen LogP contribution in [0.1, 0.15) is 20.8 Å². The van der Waals surface area contributed by atoms with Gasteiger partial charge in [-0.3, -0.25) is 14.5 Å². The van der Waals surface area contributed by atoms with E-state index in [-0.39, 0.29) is 13.2 Å². The maximum Gasteiger partial charge on any atom is 0.247 e. The van der Waals surface area contributed by atoms with Gasteiger partial charge in [-0.15, -0.1) is 0 Å². The van der Waals surface area contributed by atoms with E-state index in [0.29, 0.717) is 6.04 Å². The Balaban J connectivity index is 0.000000464. The Morgan fingerprint density at radius 1 is 1.08 bits per heavy atom. The molecule has 1 aromatic rings. The summed E-state index contributed by atoms with van der Waals surface area (Å²) in [5, 5.41) is 2.66. The number of benzene rings is 1. The van der Waals surface area contributed by atoms with Crippen LogP contribution in [0.2, 0.25) is 0 Å². The summed E-state index contributed by atoms with van der Waals surface area (Å²) >= 11 is 0. The van der Waals surface area contributed by atoms with E-state index in [9.17, 15) is 9.59 Å². The Morgan fingerprint density at radius 3 is 2.08 bits per heavy atom. The van der Waals surface area contributed by atoms with Gasteiger partial charge in [0.25, 0.3) is 0 Å². The van der Waals surface area contributed by atoms with Crippen LogP contribution >= 0.6 is 0 Å². The second-order valence-electron chi connectivity index (χ2n) is 6.22. The second kappa shape index (κ2) is 10.5. The molecule has 0 atom stereocenters. The van der Waals surface area contributed by atoms with Crippen molar-refractivity contribution in [3.63, 3.8) is 0 Å². The highest BCUT2D eigenvalue weighted by molar-refractivity contribution is 5.98. The van der Waals surface area contributed by atoms with E-state index in [2.05, 4.69) is 37.2 Å². The summed E-state index contributed by atoms with van der Waals surface area (Å²) in [6.07, 6.45) is 2.64. The fraction of sp³-hybridized carbons (Fsp3) is 0.400. The second-order valence-corrected chi connectivity index (χ2v) is 6.22. The zero-order valence-electron chi connectivity index (χ0n) is 15.5. The molecule has 1 aliphatic rings. The number of carbonyl (C=O) groups is 2. The van der Waals surface area contributed by atoms with E-state index in [0.717, 1.165) is 31.9 Å². The van der Waals surface area contributed by atoms with Crippen molar-refractivity contribution in [2.75, 3.05) is 31.5 Å². The molecule has 1 aliphatic heterocycles. The summed E-state index contributed by atoms with van der Waals surface area (Å²) in [6, 6.07) is 8.19. The molecule has 2 rings (SSSR count). The molecule has 1 N–H and O–H groups in total. The minimum Gasteiger partial charge on any atom is -0.337 e. The molecule has 0 unspecified atom stereocenters. The third-order valence-electron chi connectivity index (χ3n) is 4.04. The minimum atomic E-state index is -0.182. The average Bonchev–Trinajstić information content (AvgIpc) is 2.63. The molecule has 138 valence electrons. The van der Waals surface area contributed by atoms with Crippen LogP contribution in [-0.2, 0) is 9.59 Å². The van der Waals surface area contributed by atoms with E-state index in [4.69, 9.17) is 0 Å². The number of nitrogens with one attached hydrogen (secondary N) is 1. The zero-order valence-corrected chi connectivity index (χ0v) is 15.5. The lowest BCUT2D eigenvalue weighted by Crippen LogP contribution is -2.50.